The van der Waals surface area contributed by atoms with Gasteiger partial charge in [0.1, 0.15) is 0 Å². The molecule has 0 bridgehead atoms. The highest BCUT2D eigenvalue weighted by molar-refractivity contribution is 7.99. The van der Waals surface area contributed by atoms with Crippen LogP contribution in [0.3, 0.4) is 0 Å². The average molecular weight is 304 g/mol. The molecule has 4 N–H and O–H groups in total. The predicted molar refractivity (Wildman–Crippen MR) is 71.3 cm³/mol. The minimum Gasteiger partial charge on any atom is -0.446 e. The minimum atomic E-state index is -4.42. The monoisotopic (exact) mass is 304 g/mol. The molecule has 2 aromatic rings. The van der Waals surface area contributed by atoms with E-state index in [0.717, 1.165) is 0 Å². The summed E-state index contributed by atoms with van der Waals surface area (Å²) in [5.74, 6) is 0.210. The molecule has 0 aliphatic carbocycles. The minimum absolute atomic E-state index is 0.0210. The average Bonchev–Trinajstić information content (AvgIpc) is 2.82. The number of aromatic nitrogens is 1. The zero-order chi connectivity index (χ0) is 14.2. The highest BCUT2D eigenvalue weighted by Crippen LogP contribution is 2.38. The highest BCUT2D eigenvalue weighted by Gasteiger charge is 2.25. The van der Waals surface area contributed by atoms with Crippen LogP contribution in [0.15, 0.2) is 26.1 Å². The van der Waals surface area contributed by atoms with Crippen molar-refractivity contribution in [2.75, 3.05) is 5.73 Å². The first-order valence-corrected chi connectivity index (χ1v) is 7.86. The van der Waals surface area contributed by atoms with Crippen molar-refractivity contribution < 1.29 is 23.2 Å². The smallest absolute Gasteiger partial charge is 0.391 e. The van der Waals surface area contributed by atoms with E-state index in [2.05, 4.69) is 4.98 Å². The molecule has 2 rings (SSSR count). The van der Waals surface area contributed by atoms with E-state index in [9.17, 15) is 4.57 Å². The second-order valence-electron chi connectivity index (χ2n) is 4.04. The van der Waals surface area contributed by atoms with Crippen molar-refractivity contribution >= 4 is 30.9 Å². The van der Waals surface area contributed by atoms with Crippen molar-refractivity contribution in [1.29, 1.82) is 0 Å². The lowest BCUT2D eigenvalue weighted by atomic mass is 10.4. The highest BCUT2D eigenvalue weighted by atomic mass is 32.2. The van der Waals surface area contributed by atoms with Gasteiger partial charge in [-0.2, -0.15) is 4.98 Å². The summed E-state index contributed by atoms with van der Waals surface area (Å²) in [6, 6.07) is 2.62. The first kappa shape index (κ1) is 14.2. The third kappa shape index (κ3) is 3.22. The van der Waals surface area contributed by atoms with E-state index < -0.39 is 13.1 Å². The predicted octanol–water partition coefficient (Wildman–Crippen LogP) is 1.82. The largest absolute Gasteiger partial charge is 0.446 e. The molecule has 9 heteroatoms. The Balaban J connectivity index is 2.41. The Labute approximate surface area is 113 Å². The molecular weight excluding hydrogens is 291 g/mol. The van der Waals surface area contributed by atoms with E-state index in [4.69, 9.17) is 24.4 Å². The fourth-order valence-corrected chi connectivity index (χ4v) is 2.69. The number of anilines is 1. The number of nitrogens with two attached hydrogens (primary N) is 1. The van der Waals surface area contributed by atoms with Crippen LogP contribution in [0, 0.1) is 0 Å². The molecule has 0 saturated carbocycles. The molecule has 0 aromatic carbocycles. The number of rotatable bonds is 4. The lowest BCUT2D eigenvalue weighted by Crippen LogP contribution is -1.98. The molecule has 0 aliphatic heterocycles. The van der Waals surface area contributed by atoms with Crippen LogP contribution in [0.4, 0.5) is 6.01 Å². The summed E-state index contributed by atoms with van der Waals surface area (Å²) < 4.78 is 21.4. The van der Waals surface area contributed by atoms with Gasteiger partial charge in [-0.05, 0) is 12.1 Å². The molecule has 0 radical (unpaired) electrons. The maximum atomic E-state index is 11.1. The van der Waals surface area contributed by atoms with Crippen molar-refractivity contribution in [3.63, 3.8) is 0 Å². The summed E-state index contributed by atoms with van der Waals surface area (Å²) in [7, 11) is -4.42. The number of hydrogen-bond acceptors (Lipinski definition) is 6. The van der Waals surface area contributed by atoms with Crippen molar-refractivity contribution in [3.05, 3.63) is 12.1 Å². The van der Waals surface area contributed by atoms with E-state index in [0.29, 0.717) is 10.8 Å². The van der Waals surface area contributed by atoms with Gasteiger partial charge >= 0.3 is 7.60 Å². The van der Waals surface area contributed by atoms with Crippen LogP contribution in [0.2, 0.25) is 0 Å². The summed E-state index contributed by atoms with van der Waals surface area (Å²) >= 11 is 1.39. The molecule has 0 amide bonds. The van der Waals surface area contributed by atoms with Crippen LogP contribution < -0.4 is 11.2 Å². The van der Waals surface area contributed by atoms with Crippen molar-refractivity contribution in [2.45, 2.75) is 24.2 Å². The van der Waals surface area contributed by atoms with Crippen LogP contribution >= 0.6 is 19.4 Å². The van der Waals surface area contributed by atoms with Gasteiger partial charge in [-0.15, -0.1) is 0 Å². The molecule has 0 saturated heterocycles. The number of nitrogens with zero attached hydrogens (tertiary/aromatic N) is 1. The van der Waals surface area contributed by atoms with E-state index in [1.54, 1.807) is 0 Å². The first-order chi connectivity index (χ1) is 8.77. The molecule has 19 heavy (non-hydrogen) atoms. The summed E-state index contributed by atoms with van der Waals surface area (Å²) in [5, 5.41) is 0.696. The second kappa shape index (κ2) is 5.05. The molecule has 2 aromatic heterocycles. The Morgan fingerprint density at radius 1 is 1.37 bits per heavy atom. The van der Waals surface area contributed by atoms with Crippen LogP contribution in [0.25, 0.3) is 11.5 Å². The van der Waals surface area contributed by atoms with Crippen LogP contribution in [-0.4, -0.2) is 20.0 Å². The Morgan fingerprint density at radius 2 is 2.05 bits per heavy atom. The van der Waals surface area contributed by atoms with Gasteiger partial charge in [0.2, 0.25) is 5.50 Å². The third-order valence-corrected chi connectivity index (χ3v) is 3.84. The fourth-order valence-electron chi connectivity index (χ4n) is 1.38. The molecule has 0 atom stereocenters. The molecule has 0 spiro atoms. The van der Waals surface area contributed by atoms with Crippen LogP contribution in [-0.2, 0) is 4.57 Å². The van der Waals surface area contributed by atoms with Gasteiger partial charge < -0.3 is 24.4 Å². The third-order valence-electron chi connectivity index (χ3n) is 2.07. The second-order valence-corrected chi connectivity index (χ2v) is 7.11. The van der Waals surface area contributed by atoms with E-state index in [-0.39, 0.29) is 17.0 Å². The normalized spacial score (nSPS) is 12.3. The van der Waals surface area contributed by atoms with Crippen LogP contribution in [0.5, 0.6) is 0 Å². The molecule has 104 valence electrons. The zero-order valence-corrected chi connectivity index (χ0v) is 11.9. The summed E-state index contributed by atoms with van der Waals surface area (Å²) in [6.07, 6.45) is 0. The maximum Gasteiger partial charge on any atom is 0.391 e. The first-order valence-electron chi connectivity index (χ1n) is 5.36. The van der Waals surface area contributed by atoms with Crippen molar-refractivity contribution in [1.82, 2.24) is 4.98 Å². The summed E-state index contributed by atoms with van der Waals surface area (Å²) in [4.78, 5) is 22.0. The molecule has 0 fully saturated rings. The Kier molecular flexibility index (Phi) is 3.78. The molecule has 7 nitrogen and oxygen atoms in total. The number of nitrogen functional groups attached to an aromatic ring is 1. The summed E-state index contributed by atoms with van der Waals surface area (Å²) in [5.41, 5.74) is 5.43. The van der Waals surface area contributed by atoms with Gasteiger partial charge in [0.05, 0.1) is 0 Å². The lowest BCUT2D eigenvalue weighted by Gasteiger charge is -2.01. The maximum absolute atomic E-state index is 11.1. The lowest BCUT2D eigenvalue weighted by molar-refractivity contribution is 0.377. The molecule has 0 unspecified atom stereocenters. The van der Waals surface area contributed by atoms with Gasteiger partial charge in [0.25, 0.3) is 6.01 Å². The van der Waals surface area contributed by atoms with Gasteiger partial charge in [0.15, 0.2) is 16.5 Å². The number of hydrogen-bond donors (Lipinski definition) is 3. The van der Waals surface area contributed by atoms with Gasteiger partial charge in [-0.3, -0.25) is 4.57 Å². The van der Waals surface area contributed by atoms with Gasteiger partial charge in [-0.1, -0.05) is 25.6 Å². The van der Waals surface area contributed by atoms with Crippen molar-refractivity contribution in [2.24, 2.45) is 0 Å². The van der Waals surface area contributed by atoms with E-state index in [1.807, 2.05) is 13.8 Å². The van der Waals surface area contributed by atoms with E-state index >= 15 is 0 Å². The SMILES string of the molecule is CC(C)Sc1oc(N)nc1-c1ccc(P(=O)(O)O)o1. The van der Waals surface area contributed by atoms with E-state index in [1.165, 1.54) is 23.9 Å². The quantitative estimate of drug-likeness (QED) is 0.577. The fraction of sp³-hybridized carbons (Fsp3) is 0.300. The number of furan rings is 1. The standard InChI is InChI=1S/C10H13N2O5PS/c1-5(2)19-9-8(12-10(11)17-9)6-3-4-7(16-6)18(13,14)15/h3-5H,1-2H3,(H2,11,12)(H2,13,14,15). The van der Waals surface area contributed by atoms with Gasteiger partial charge in [-0.25, -0.2) is 0 Å². The zero-order valence-electron chi connectivity index (χ0n) is 10.2. The molecular formula is C10H13N2O5PS. The molecule has 2 heterocycles. The molecule has 0 aliphatic rings. The Hall–Kier alpha value is -1.21. The summed E-state index contributed by atoms with van der Waals surface area (Å²) in [6.45, 7) is 3.94. The number of oxazole rings is 1. The van der Waals surface area contributed by atoms with Gasteiger partial charge in [0, 0.05) is 5.25 Å². The Morgan fingerprint density at radius 3 is 2.58 bits per heavy atom. The Bertz CT molecular complexity index is 630. The van der Waals surface area contributed by atoms with Crippen LogP contribution in [0.1, 0.15) is 13.8 Å². The van der Waals surface area contributed by atoms with Crippen molar-refractivity contribution in [3.8, 4) is 11.5 Å². The topological polar surface area (TPSA) is 123 Å². The number of thioether (sulfide) groups is 1.